The van der Waals surface area contributed by atoms with Crippen LogP contribution in [0.15, 0.2) is 65.2 Å². The van der Waals surface area contributed by atoms with Crippen molar-refractivity contribution in [1.29, 1.82) is 0 Å². The molecule has 5 nitrogen and oxygen atoms in total. The molecule has 0 saturated heterocycles. The topological polar surface area (TPSA) is 64.4 Å². The number of amides is 1. The van der Waals surface area contributed by atoms with Gasteiger partial charge in [0.15, 0.2) is 0 Å². The molecule has 5 heteroatoms. The van der Waals surface area contributed by atoms with E-state index in [2.05, 4.69) is 10.5 Å². The van der Waals surface area contributed by atoms with Crippen LogP contribution in [-0.4, -0.2) is 11.1 Å². The monoisotopic (exact) mass is 386 g/mol. The maximum atomic E-state index is 13.1. The molecule has 1 amide bonds. The lowest BCUT2D eigenvalue weighted by atomic mass is 10.0. The van der Waals surface area contributed by atoms with Crippen molar-refractivity contribution in [3.05, 3.63) is 88.8 Å². The van der Waals surface area contributed by atoms with E-state index in [0.717, 1.165) is 33.3 Å². The normalized spacial score (nSPS) is 10.9. The average Bonchev–Trinajstić information content (AvgIpc) is 3.03. The predicted molar refractivity (Wildman–Crippen MR) is 113 cm³/mol. The lowest BCUT2D eigenvalue weighted by Crippen LogP contribution is -2.14. The summed E-state index contributed by atoms with van der Waals surface area (Å²) in [6.45, 7) is 6.00. The number of rotatable bonds is 5. The number of carbonyl (C=O) groups excluding carboxylic acids is 1. The van der Waals surface area contributed by atoms with Crippen LogP contribution in [0.1, 0.15) is 32.9 Å². The van der Waals surface area contributed by atoms with Crippen molar-refractivity contribution in [2.45, 2.75) is 27.4 Å². The van der Waals surface area contributed by atoms with Crippen molar-refractivity contribution in [3.8, 4) is 5.75 Å². The Balaban J connectivity index is 1.68. The molecule has 29 heavy (non-hydrogen) atoms. The minimum absolute atomic E-state index is 0.213. The number of nitrogens with zero attached hydrogens (tertiary/aromatic N) is 1. The van der Waals surface area contributed by atoms with Gasteiger partial charge in [0, 0.05) is 5.69 Å². The Morgan fingerprint density at radius 1 is 1.00 bits per heavy atom. The van der Waals surface area contributed by atoms with Gasteiger partial charge in [0.25, 0.3) is 5.91 Å². The summed E-state index contributed by atoms with van der Waals surface area (Å²) in [5, 5.41) is 8.92. The summed E-state index contributed by atoms with van der Waals surface area (Å²) in [6.07, 6.45) is 0. The number of fused-ring (bicyclic) bond motifs is 1. The summed E-state index contributed by atoms with van der Waals surface area (Å²) in [7, 11) is 0. The molecular weight excluding hydrogens is 364 g/mol. The SMILES string of the molecule is Cc1cccc(NC(=O)c2cc3ccccc3cc2OCc2c(C)noc2C)c1. The summed E-state index contributed by atoms with van der Waals surface area (Å²) in [4.78, 5) is 13.1. The second-order valence-electron chi connectivity index (χ2n) is 7.11. The molecule has 0 fully saturated rings. The van der Waals surface area contributed by atoms with Gasteiger partial charge >= 0.3 is 0 Å². The highest BCUT2D eigenvalue weighted by atomic mass is 16.5. The summed E-state index contributed by atoms with van der Waals surface area (Å²) in [6, 6.07) is 19.4. The number of aryl methyl sites for hydroxylation is 3. The van der Waals surface area contributed by atoms with E-state index in [4.69, 9.17) is 9.26 Å². The Labute approximate surface area is 169 Å². The van der Waals surface area contributed by atoms with E-state index in [0.29, 0.717) is 17.1 Å². The van der Waals surface area contributed by atoms with Crippen molar-refractivity contribution in [1.82, 2.24) is 5.16 Å². The Bertz CT molecular complexity index is 1170. The zero-order valence-corrected chi connectivity index (χ0v) is 16.7. The van der Waals surface area contributed by atoms with Crippen LogP contribution in [0.3, 0.4) is 0 Å². The molecule has 0 spiro atoms. The molecular formula is C24H22N2O3. The molecule has 1 aromatic heterocycles. The van der Waals surface area contributed by atoms with Crippen LogP contribution in [0.4, 0.5) is 5.69 Å². The first kappa shape index (κ1) is 18.7. The van der Waals surface area contributed by atoms with E-state index in [-0.39, 0.29) is 12.5 Å². The smallest absolute Gasteiger partial charge is 0.259 e. The second kappa shape index (κ2) is 7.80. The van der Waals surface area contributed by atoms with Crippen LogP contribution in [0.2, 0.25) is 0 Å². The van der Waals surface area contributed by atoms with Gasteiger partial charge in [-0.05, 0) is 61.4 Å². The van der Waals surface area contributed by atoms with Crippen LogP contribution in [0, 0.1) is 20.8 Å². The highest BCUT2D eigenvalue weighted by Gasteiger charge is 2.17. The predicted octanol–water partition coefficient (Wildman–Crippen LogP) is 5.58. The average molecular weight is 386 g/mol. The van der Waals surface area contributed by atoms with E-state index in [1.165, 1.54) is 0 Å². The van der Waals surface area contributed by atoms with Crippen molar-refractivity contribution in [3.63, 3.8) is 0 Å². The van der Waals surface area contributed by atoms with Crippen LogP contribution in [-0.2, 0) is 6.61 Å². The molecule has 0 saturated carbocycles. The van der Waals surface area contributed by atoms with Gasteiger partial charge in [-0.3, -0.25) is 4.79 Å². The quantitative estimate of drug-likeness (QED) is 0.486. The molecule has 4 aromatic rings. The van der Waals surface area contributed by atoms with E-state index in [9.17, 15) is 4.79 Å². The molecule has 0 bridgehead atoms. The van der Waals surface area contributed by atoms with E-state index < -0.39 is 0 Å². The van der Waals surface area contributed by atoms with Crippen molar-refractivity contribution in [2.75, 3.05) is 5.32 Å². The van der Waals surface area contributed by atoms with E-state index >= 15 is 0 Å². The van der Waals surface area contributed by atoms with Crippen LogP contribution in [0.5, 0.6) is 5.75 Å². The largest absolute Gasteiger partial charge is 0.488 e. The number of nitrogens with one attached hydrogen (secondary N) is 1. The number of anilines is 1. The minimum Gasteiger partial charge on any atom is -0.488 e. The lowest BCUT2D eigenvalue weighted by molar-refractivity contribution is 0.102. The van der Waals surface area contributed by atoms with E-state index in [1.54, 1.807) is 0 Å². The highest BCUT2D eigenvalue weighted by molar-refractivity contribution is 6.08. The van der Waals surface area contributed by atoms with Gasteiger partial charge < -0.3 is 14.6 Å². The third-order valence-corrected chi connectivity index (χ3v) is 4.92. The van der Waals surface area contributed by atoms with Crippen LogP contribution >= 0.6 is 0 Å². The van der Waals surface area contributed by atoms with Crippen molar-refractivity contribution < 1.29 is 14.1 Å². The number of aromatic nitrogens is 1. The summed E-state index contributed by atoms with van der Waals surface area (Å²) >= 11 is 0. The van der Waals surface area contributed by atoms with Gasteiger partial charge in [0.1, 0.15) is 18.1 Å². The first-order valence-corrected chi connectivity index (χ1v) is 9.46. The molecule has 0 aliphatic carbocycles. The van der Waals surface area contributed by atoms with Gasteiger partial charge in [0.2, 0.25) is 0 Å². The first-order valence-electron chi connectivity index (χ1n) is 9.46. The summed E-state index contributed by atoms with van der Waals surface area (Å²) in [5.41, 5.74) is 3.99. The lowest BCUT2D eigenvalue weighted by Gasteiger charge is -2.14. The fourth-order valence-corrected chi connectivity index (χ4v) is 3.30. The van der Waals surface area contributed by atoms with Gasteiger partial charge in [-0.15, -0.1) is 0 Å². The fraction of sp³-hybridized carbons (Fsp3) is 0.167. The molecule has 0 aliphatic heterocycles. The Hall–Kier alpha value is -3.60. The number of hydrogen-bond donors (Lipinski definition) is 1. The van der Waals surface area contributed by atoms with Crippen LogP contribution < -0.4 is 10.1 Å². The van der Waals surface area contributed by atoms with E-state index in [1.807, 2.05) is 81.4 Å². The third kappa shape index (κ3) is 3.99. The number of benzene rings is 3. The van der Waals surface area contributed by atoms with Gasteiger partial charge in [-0.25, -0.2) is 0 Å². The molecule has 1 N–H and O–H groups in total. The number of ether oxygens (including phenoxy) is 1. The summed E-state index contributed by atoms with van der Waals surface area (Å²) < 4.78 is 11.3. The summed E-state index contributed by atoms with van der Waals surface area (Å²) in [5.74, 6) is 1.03. The Kier molecular flexibility index (Phi) is 5.04. The van der Waals surface area contributed by atoms with Gasteiger partial charge in [-0.1, -0.05) is 41.6 Å². The van der Waals surface area contributed by atoms with Crippen molar-refractivity contribution >= 4 is 22.4 Å². The molecule has 0 radical (unpaired) electrons. The van der Waals surface area contributed by atoms with Gasteiger partial charge in [0.05, 0.1) is 16.8 Å². The standard InChI is InChI=1S/C24H22N2O3/c1-15-7-6-10-20(11-15)25-24(27)21-12-18-8-4-5-9-19(18)13-23(21)28-14-22-16(2)26-29-17(22)3/h4-13H,14H2,1-3H3,(H,25,27). The molecule has 1 heterocycles. The molecule has 0 atom stereocenters. The number of carbonyl (C=O) groups is 1. The van der Waals surface area contributed by atoms with Crippen molar-refractivity contribution in [2.24, 2.45) is 0 Å². The molecule has 146 valence electrons. The maximum Gasteiger partial charge on any atom is 0.259 e. The fourth-order valence-electron chi connectivity index (χ4n) is 3.30. The zero-order chi connectivity index (χ0) is 20.4. The molecule has 3 aromatic carbocycles. The zero-order valence-electron chi connectivity index (χ0n) is 16.7. The maximum absolute atomic E-state index is 13.1. The molecule has 0 unspecified atom stereocenters. The number of hydrogen-bond acceptors (Lipinski definition) is 4. The second-order valence-corrected chi connectivity index (χ2v) is 7.11. The minimum atomic E-state index is -0.213. The highest BCUT2D eigenvalue weighted by Crippen LogP contribution is 2.28. The van der Waals surface area contributed by atoms with Gasteiger partial charge in [-0.2, -0.15) is 0 Å². The Morgan fingerprint density at radius 2 is 1.76 bits per heavy atom. The third-order valence-electron chi connectivity index (χ3n) is 4.92. The first-order chi connectivity index (χ1) is 14.0. The molecule has 0 aliphatic rings. The Morgan fingerprint density at radius 3 is 2.45 bits per heavy atom. The molecule has 4 rings (SSSR count). The van der Waals surface area contributed by atoms with Crippen LogP contribution in [0.25, 0.3) is 10.8 Å².